The number of benzene rings is 1. The summed E-state index contributed by atoms with van der Waals surface area (Å²) in [6, 6.07) is 6.01. The lowest BCUT2D eigenvalue weighted by Crippen LogP contribution is -2.35. The van der Waals surface area contributed by atoms with Crippen molar-refractivity contribution >= 4 is 22.6 Å². The minimum absolute atomic E-state index is 0.0505. The van der Waals surface area contributed by atoms with Crippen LogP contribution in [-0.4, -0.2) is 65.0 Å². The van der Waals surface area contributed by atoms with Gasteiger partial charge in [-0.15, -0.1) is 0 Å². The van der Waals surface area contributed by atoms with E-state index < -0.39 is 0 Å². The van der Waals surface area contributed by atoms with Crippen LogP contribution < -0.4 is 5.32 Å². The molecule has 1 aromatic carbocycles. The van der Waals surface area contributed by atoms with Crippen molar-refractivity contribution in [1.29, 1.82) is 0 Å². The van der Waals surface area contributed by atoms with Gasteiger partial charge in [-0.1, -0.05) is 6.92 Å². The third-order valence-electron chi connectivity index (χ3n) is 4.92. The van der Waals surface area contributed by atoms with Crippen molar-refractivity contribution in [2.24, 2.45) is 0 Å². The first-order valence-electron chi connectivity index (χ1n) is 9.30. The molecule has 1 amide bonds. The normalized spacial score (nSPS) is 16.9. The maximum Gasteiger partial charge on any atom is 0.238 e. The second-order valence-corrected chi connectivity index (χ2v) is 6.81. The van der Waals surface area contributed by atoms with Crippen LogP contribution in [0.15, 0.2) is 18.2 Å². The average Bonchev–Trinajstić information content (AvgIpc) is 2.83. The van der Waals surface area contributed by atoms with Crippen molar-refractivity contribution < 1.29 is 4.79 Å². The van der Waals surface area contributed by atoms with Gasteiger partial charge in [-0.2, -0.15) is 0 Å². The van der Waals surface area contributed by atoms with Gasteiger partial charge in [0.15, 0.2) is 0 Å². The Hall–Kier alpha value is -1.92. The van der Waals surface area contributed by atoms with E-state index in [1.807, 2.05) is 12.1 Å². The number of amides is 1. The number of likely N-dealkylation sites (N-methyl/N-ethyl adjacent to an activating group) is 1. The Kier molecular flexibility index (Phi) is 5.71. The van der Waals surface area contributed by atoms with Gasteiger partial charge < -0.3 is 14.8 Å². The molecule has 3 rings (SSSR count). The van der Waals surface area contributed by atoms with E-state index in [0.717, 1.165) is 68.1 Å². The second kappa shape index (κ2) is 7.97. The lowest BCUT2D eigenvalue weighted by atomic mass is 10.2. The highest BCUT2D eigenvalue weighted by Gasteiger charge is 2.15. The van der Waals surface area contributed by atoms with Crippen molar-refractivity contribution in [3.63, 3.8) is 0 Å². The highest BCUT2D eigenvalue weighted by atomic mass is 16.2. The van der Waals surface area contributed by atoms with Gasteiger partial charge in [0.1, 0.15) is 5.82 Å². The standard InChI is InChI=1S/C19H29N5O/c1-4-18-21-16-13-15(7-8-17(16)24(18)5-2)20-19(25)14-23-10-6-9-22(3)11-12-23/h7-8,13H,4-6,9-12,14H2,1-3H3,(H,20,25). The molecule has 0 bridgehead atoms. The molecule has 0 atom stereocenters. The van der Waals surface area contributed by atoms with E-state index in [2.05, 4.69) is 46.6 Å². The summed E-state index contributed by atoms with van der Waals surface area (Å²) in [5, 5.41) is 3.03. The number of fused-ring (bicyclic) bond motifs is 1. The highest BCUT2D eigenvalue weighted by molar-refractivity contribution is 5.94. The van der Waals surface area contributed by atoms with Crippen molar-refractivity contribution in [1.82, 2.24) is 19.4 Å². The number of imidazole rings is 1. The van der Waals surface area contributed by atoms with Crippen LogP contribution in [0.25, 0.3) is 11.0 Å². The number of hydrogen-bond donors (Lipinski definition) is 1. The first-order chi connectivity index (χ1) is 12.1. The number of hydrogen-bond acceptors (Lipinski definition) is 4. The van der Waals surface area contributed by atoms with E-state index >= 15 is 0 Å². The molecule has 1 aromatic heterocycles. The lowest BCUT2D eigenvalue weighted by molar-refractivity contribution is -0.117. The molecule has 1 aliphatic rings. The quantitative estimate of drug-likeness (QED) is 0.904. The molecule has 0 aliphatic carbocycles. The molecular weight excluding hydrogens is 314 g/mol. The Morgan fingerprint density at radius 3 is 2.80 bits per heavy atom. The molecule has 2 aromatic rings. The molecule has 2 heterocycles. The topological polar surface area (TPSA) is 53.4 Å². The Morgan fingerprint density at radius 2 is 2.04 bits per heavy atom. The van der Waals surface area contributed by atoms with Gasteiger partial charge in [0, 0.05) is 31.7 Å². The van der Waals surface area contributed by atoms with Crippen molar-refractivity contribution in [2.75, 3.05) is 45.1 Å². The number of nitrogens with zero attached hydrogens (tertiary/aromatic N) is 4. The van der Waals surface area contributed by atoms with Crippen molar-refractivity contribution in [3.05, 3.63) is 24.0 Å². The molecule has 0 spiro atoms. The minimum Gasteiger partial charge on any atom is -0.328 e. The molecule has 0 radical (unpaired) electrons. The lowest BCUT2D eigenvalue weighted by Gasteiger charge is -2.19. The zero-order valence-corrected chi connectivity index (χ0v) is 15.6. The maximum absolute atomic E-state index is 12.4. The van der Waals surface area contributed by atoms with Crippen LogP contribution in [0, 0.1) is 0 Å². The molecule has 6 heteroatoms. The highest BCUT2D eigenvalue weighted by Crippen LogP contribution is 2.21. The summed E-state index contributed by atoms with van der Waals surface area (Å²) < 4.78 is 2.23. The fourth-order valence-electron chi connectivity index (χ4n) is 3.54. The number of rotatable bonds is 5. The third kappa shape index (κ3) is 4.19. The number of aromatic nitrogens is 2. The summed E-state index contributed by atoms with van der Waals surface area (Å²) in [5.74, 6) is 1.14. The fraction of sp³-hybridized carbons (Fsp3) is 0.579. The molecule has 1 aliphatic heterocycles. The largest absolute Gasteiger partial charge is 0.328 e. The Bertz CT molecular complexity index is 739. The summed E-state index contributed by atoms with van der Waals surface area (Å²) in [7, 11) is 2.14. The van der Waals surface area contributed by atoms with Gasteiger partial charge in [-0.05, 0) is 51.7 Å². The van der Waals surface area contributed by atoms with Crippen LogP contribution in [0.3, 0.4) is 0 Å². The van der Waals surface area contributed by atoms with Gasteiger partial charge in [0.2, 0.25) is 5.91 Å². The Labute approximate surface area is 149 Å². The van der Waals surface area contributed by atoms with Crippen molar-refractivity contribution in [2.45, 2.75) is 33.2 Å². The average molecular weight is 343 g/mol. The number of nitrogens with one attached hydrogen (secondary N) is 1. The molecule has 0 saturated carbocycles. The predicted molar refractivity (Wildman–Crippen MR) is 102 cm³/mol. The summed E-state index contributed by atoms with van der Waals surface area (Å²) in [6.45, 7) is 9.68. The fourth-order valence-corrected chi connectivity index (χ4v) is 3.54. The summed E-state index contributed by atoms with van der Waals surface area (Å²) in [4.78, 5) is 21.7. The molecule has 1 N–H and O–H groups in total. The molecule has 25 heavy (non-hydrogen) atoms. The van der Waals surface area contributed by atoms with Gasteiger partial charge >= 0.3 is 0 Å². The van der Waals surface area contributed by atoms with E-state index in [9.17, 15) is 4.79 Å². The van der Waals surface area contributed by atoms with E-state index in [1.54, 1.807) is 0 Å². The minimum atomic E-state index is 0.0505. The first-order valence-corrected chi connectivity index (χ1v) is 9.30. The molecule has 0 unspecified atom stereocenters. The van der Waals surface area contributed by atoms with Crippen LogP contribution in [0.5, 0.6) is 0 Å². The van der Waals surface area contributed by atoms with Gasteiger partial charge in [0.25, 0.3) is 0 Å². The SMILES string of the molecule is CCc1nc2cc(NC(=O)CN3CCCN(C)CC3)ccc2n1CC. The Morgan fingerprint density at radius 1 is 1.20 bits per heavy atom. The number of anilines is 1. The zero-order valence-electron chi connectivity index (χ0n) is 15.6. The van der Waals surface area contributed by atoms with Crippen LogP contribution in [0.4, 0.5) is 5.69 Å². The van der Waals surface area contributed by atoms with Crippen LogP contribution in [0.2, 0.25) is 0 Å². The smallest absolute Gasteiger partial charge is 0.238 e. The van der Waals surface area contributed by atoms with Gasteiger partial charge in [-0.25, -0.2) is 4.98 Å². The predicted octanol–water partition coefficient (Wildman–Crippen LogP) is 2.19. The molecule has 6 nitrogen and oxygen atoms in total. The van der Waals surface area contributed by atoms with Gasteiger partial charge in [-0.3, -0.25) is 9.69 Å². The number of aryl methyl sites for hydroxylation is 2. The molecular formula is C19H29N5O. The van der Waals surface area contributed by atoms with E-state index in [-0.39, 0.29) is 5.91 Å². The summed E-state index contributed by atoms with van der Waals surface area (Å²) in [6.07, 6.45) is 2.03. The Balaban J connectivity index is 1.66. The molecule has 136 valence electrons. The zero-order chi connectivity index (χ0) is 17.8. The van der Waals surface area contributed by atoms with Gasteiger partial charge in [0.05, 0.1) is 17.6 Å². The monoisotopic (exact) mass is 343 g/mol. The van der Waals surface area contributed by atoms with E-state index in [4.69, 9.17) is 4.98 Å². The van der Waals surface area contributed by atoms with E-state index in [0.29, 0.717) is 6.54 Å². The van der Waals surface area contributed by atoms with Crippen LogP contribution in [-0.2, 0) is 17.8 Å². The molecule has 1 saturated heterocycles. The summed E-state index contributed by atoms with van der Waals surface area (Å²) >= 11 is 0. The van der Waals surface area contributed by atoms with E-state index in [1.165, 1.54) is 0 Å². The number of carbonyl (C=O) groups is 1. The van der Waals surface area contributed by atoms with Crippen LogP contribution >= 0.6 is 0 Å². The second-order valence-electron chi connectivity index (χ2n) is 6.81. The third-order valence-corrected chi connectivity index (χ3v) is 4.92. The number of carbonyl (C=O) groups excluding carboxylic acids is 1. The first kappa shape index (κ1) is 17.9. The maximum atomic E-state index is 12.4. The van der Waals surface area contributed by atoms with Crippen LogP contribution in [0.1, 0.15) is 26.1 Å². The van der Waals surface area contributed by atoms with Crippen molar-refractivity contribution in [3.8, 4) is 0 Å². The summed E-state index contributed by atoms with van der Waals surface area (Å²) in [5.41, 5.74) is 2.91. The molecule has 1 fully saturated rings.